The van der Waals surface area contributed by atoms with E-state index in [1.54, 1.807) is 12.4 Å². The monoisotopic (exact) mass is 175 g/mol. The van der Waals surface area contributed by atoms with Gasteiger partial charge in [-0.05, 0) is 19.9 Å². The highest BCUT2D eigenvalue weighted by Gasteiger charge is 2.10. The Kier molecular flexibility index (Phi) is 3.41. The van der Waals surface area contributed by atoms with Gasteiger partial charge in [0.2, 0.25) is 0 Å². The zero-order chi connectivity index (χ0) is 9.68. The minimum atomic E-state index is -0.256. The summed E-state index contributed by atoms with van der Waals surface area (Å²) >= 11 is 0. The van der Waals surface area contributed by atoms with E-state index in [4.69, 9.17) is 5.26 Å². The number of nitriles is 1. The summed E-state index contributed by atoms with van der Waals surface area (Å²) in [5.74, 6) is 0. The highest BCUT2D eigenvalue weighted by Crippen LogP contribution is 2.10. The molecular weight excluding hydrogens is 162 g/mol. The fourth-order valence-corrected chi connectivity index (χ4v) is 1.09. The Bertz CT molecular complexity index is 287. The number of nitrogens with zero attached hydrogens (tertiary/aromatic N) is 2. The second-order valence-corrected chi connectivity index (χ2v) is 3.17. The van der Waals surface area contributed by atoms with Gasteiger partial charge in [0.05, 0.1) is 6.07 Å². The molecular formula is C10H13N3. The summed E-state index contributed by atoms with van der Waals surface area (Å²) in [4.78, 5) is 3.97. The van der Waals surface area contributed by atoms with Crippen LogP contribution < -0.4 is 5.32 Å². The Morgan fingerprint density at radius 1 is 1.54 bits per heavy atom. The van der Waals surface area contributed by atoms with Gasteiger partial charge in [-0.2, -0.15) is 5.26 Å². The molecule has 0 radical (unpaired) electrons. The van der Waals surface area contributed by atoms with Crippen LogP contribution in [0.1, 0.15) is 25.5 Å². The van der Waals surface area contributed by atoms with Crippen molar-refractivity contribution in [2.75, 3.05) is 0 Å². The van der Waals surface area contributed by atoms with Gasteiger partial charge in [0.25, 0.3) is 0 Å². The van der Waals surface area contributed by atoms with Crippen LogP contribution in [0.15, 0.2) is 24.5 Å². The quantitative estimate of drug-likeness (QED) is 0.759. The van der Waals surface area contributed by atoms with E-state index in [0.717, 1.165) is 5.56 Å². The molecule has 0 amide bonds. The highest BCUT2D eigenvalue weighted by atomic mass is 14.9. The van der Waals surface area contributed by atoms with E-state index < -0.39 is 0 Å². The molecule has 0 aliphatic carbocycles. The van der Waals surface area contributed by atoms with Crippen LogP contribution in [0.4, 0.5) is 0 Å². The van der Waals surface area contributed by atoms with Crippen molar-refractivity contribution in [3.05, 3.63) is 30.1 Å². The average molecular weight is 175 g/mol. The number of rotatable bonds is 3. The Morgan fingerprint density at radius 2 is 2.31 bits per heavy atom. The van der Waals surface area contributed by atoms with Crippen molar-refractivity contribution in [1.29, 1.82) is 5.26 Å². The SMILES string of the molecule is CC(C)NC(C#N)c1cccnc1. The molecule has 68 valence electrons. The van der Waals surface area contributed by atoms with Crippen LogP contribution in [0.3, 0.4) is 0 Å². The van der Waals surface area contributed by atoms with E-state index in [-0.39, 0.29) is 6.04 Å². The lowest BCUT2D eigenvalue weighted by molar-refractivity contribution is 0.545. The van der Waals surface area contributed by atoms with Crippen molar-refractivity contribution in [1.82, 2.24) is 10.3 Å². The number of pyridine rings is 1. The smallest absolute Gasteiger partial charge is 0.123 e. The van der Waals surface area contributed by atoms with Gasteiger partial charge in [-0.3, -0.25) is 10.3 Å². The van der Waals surface area contributed by atoms with Crippen molar-refractivity contribution in [2.45, 2.75) is 25.9 Å². The van der Waals surface area contributed by atoms with E-state index in [2.05, 4.69) is 16.4 Å². The topological polar surface area (TPSA) is 48.7 Å². The second-order valence-electron chi connectivity index (χ2n) is 3.17. The van der Waals surface area contributed by atoms with Gasteiger partial charge < -0.3 is 0 Å². The van der Waals surface area contributed by atoms with Gasteiger partial charge >= 0.3 is 0 Å². The standard InChI is InChI=1S/C10H13N3/c1-8(2)13-10(6-11)9-4-3-5-12-7-9/h3-5,7-8,10,13H,1-2H3. The largest absolute Gasteiger partial charge is 0.296 e. The Hall–Kier alpha value is -1.40. The normalized spacial score (nSPS) is 12.5. The molecule has 1 atom stereocenters. The fourth-order valence-electron chi connectivity index (χ4n) is 1.09. The summed E-state index contributed by atoms with van der Waals surface area (Å²) in [6.45, 7) is 4.03. The number of nitrogens with one attached hydrogen (secondary N) is 1. The van der Waals surface area contributed by atoms with Crippen LogP contribution in [0, 0.1) is 11.3 Å². The summed E-state index contributed by atoms with van der Waals surface area (Å²) in [5.41, 5.74) is 0.915. The lowest BCUT2D eigenvalue weighted by atomic mass is 10.1. The molecule has 3 heteroatoms. The zero-order valence-corrected chi connectivity index (χ0v) is 7.86. The summed E-state index contributed by atoms with van der Waals surface area (Å²) in [6.07, 6.45) is 3.41. The third-order valence-electron chi connectivity index (χ3n) is 1.65. The molecule has 0 aliphatic rings. The molecule has 1 rings (SSSR count). The first-order valence-electron chi connectivity index (χ1n) is 4.29. The fraction of sp³-hybridized carbons (Fsp3) is 0.400. The van der Waals surface area contributed by atoms with E-state index in [9.17, 15) is 0 Å². The van der Waals surface area contributed by atoms with Gasteiger partial charge in [-0.15, -0.1) is 0 Å². The van der Waals surface area contributed by atoms with Crippen LogP contribution in [-0.4, -0.2) is 11.0 Å². The molecule has 0 saturated carbocycles. The summed E-state index contributed by atoms with van der Waals surface area (Å²) in [6, 6.07) is 5.97. The molecule has 0 aliphatic heterocycles. The average Bonchev–Trinajstić information content (AvgIpc) is 2.15. The Labute approximate surface area is 78.4 Å². The predicted octanol–water partition coefficient (Wildman–Crippen LogP) is 1.64. The van der Waals surface area contributed by atoms with Gasteiger partial charge in [0, 0.05) is 24.0 Å². The maximum absolute atomic E-state index is 8.89. The van der Waals surface area contributed by atoms with Crippen molar-refractivity contribution in [3.8, 4) is 6.07 Å². The lowest BCUT2D eigenvalue weighted by Gasteiger charge is -2.13. The summed E-state index contributed by atoms with van der Waals surface area (Å²) < 4.78 is 0. The van der Waals surface area contributed by atoms with Crippen molar-refractivity contribution >= 4 is 0 Å². The first kappa shape index (κ1) is 9.69. The molecule has 13 heavy (non-hydrogen) atoms. The van der Waals surface area contributed by atoms with Crippen molar-refractivity contribution in [3.63, 3.8) is 0 Å². The lowest BCUT2D eigenvalue weighted by Crippen LogP contribution is -2.27. The molecule has 1 aromatic rings. The number of hydrogen-bond acceptors (Lipinski definition) is 3. The van der Waals surface area contributed by atoms with Gasteiger partial charge in [-0.1, -0.05) is 6.07 Å². The third-order valence-corrected chi connectivity index (χ3v) is 1.65. The van der Waals surface area contributed by atoms with Crippen LogP contribution in [0.2, 0.25) is 0 Å². The molecule has 0 spiro atoms. The van der Waals surface area contributed by atoms with Crippen LogP contribution in [-0.2, 0) is 0 Å². The molecule has 1 N–H and O–H groups in total. The number of hydrogen-bond donors (Lipinski definition) is 1. The predicted molar refractivity (Wildman–Crippen MR) is 50.9 cm³/mol. The third kappa shape index (κ3) is 2.85. The van der Waals surface area contributed by atoms with Crippen molar-refractivity contribution < 1.29 is 0 Å². The molecule has 1 aromatic heterocycles. The minimum Gasteiger partial charge on any atom is -0.296 e. The van der Waals surface area contributed by atoms with E-state index >= 15 is 0 Å². The van der Waals surface area contributed by atoms with E-state index in [1.165, 1.54) is 0 Å². The Balaban J connectivity index is 2.75. The number of aromatic nitrogens is 1. The molecule has 0 fully saturated rings. The zero-order valence-electron chi connectivity index (χ0n) is 7.86. The molecule has 1 heterocycles. The van der Waals surface area contributed by atoms with Gasteiger partial charge in [0.15, 0.2) is 0 Å². The van der Waals surface area contributed by atoms with Gasteiger partial charge in [-0.25, -0.2) is 0 Å². The first-order valence-corrected chi connectivity index (χ1v) is 4.29. The molecule has 0 bridgehead atoms. The van der Waals surface area contributed by atoms with Crippen LogP contribution in [0.5, 0.6) is 0 Å². The first-order chi connectivity index (χ1) is 6.24. The van der Waals surface area contributed by atoms with E-state index in [1.807, 2.05) is 26.0 Å². The van der Waals surface area contributed by atoms with Crippen LogP contribution in [0.25, 0.3) is 0 Å². The van der Waals surface area contributed by atoms with Crippen LogP contribution >= 0.6 is 0 Å². The summed E-state index contributed by atoms with van der Waals surface area (Å²) in [7, 11) is 0. The maximum Gasteiger partial charge on any atom is 0.123 e. The summed E-state index contributed by atoms with van der Waals surface area (Å²) in [5, 5.41) is 12.0. The van der Waals surface area contributed by atoms with Gasteiger partial charge in [0.1, 0.15) is 6.04 Å². The molecule has 0 saturated heterocycles. The molecule has 3 nitrogen and oxygen atoms in total. The second kappa shape index (κ2) is 4.58. The maximum atomic E-state index is 8.89. The van der Waals surface area contributed by atoms with Crippen molar-refractivity contribution in [2.24, 2.45) is 0 Å². The minimum absolute atomic E-state index is 0.256. The highest BCUT2D eigenvalue weighted by molar-refractivity contribution is 5.20. The van der Waals surface area contributed by atoms with E-state index in [0.29, 0.717) is 6.04 Å². The Morgan fingerprint density at radius 3 is 2.77 bits per heavy atom. The molecule has 1 unspecified atom stereocenters. The molecule has 0 aromatic carbocycles.